The van der Waals surface area contributed by atoms with E-state index < -0.39 is 0 Å². The van der Waals surface area contributed by atoms with Crippen LogP contribution in [0.5, 0.6) is 0 Å². The van der Waals surface area contributed by atoms with Gasteiger partial charge in [-0.1, -0.05) is 0 Å². The van der Waals surface area contributed by atoms with Crippen molar-refractivity contribution in [2.24, 2.45) is 0 Å². The van der Waals surface area contributed by atoms with Crippen molar-refractivity contribution in [3.63, 3.8) is 0 Å². The van der Waals surface area contributed by atoms with Crippen molar-refractivity contribution in [1.29, 1.82) is 0 Å². The lowest BCUT2D eigenvalue weighted by Crippen LogP contribution is -2.30. The molecule has 3 rings (SSSR count). The molecule has 0 aromatic carbocycles. The van der Waals surface area contributed by atoms with Gasteiger partial charge in [0.15, 0.2) is 5.82 Å². The van der Waals surface area contributed by atoms with E-state index in [-0.39, 0.29) is 6.03 Å². The molecule has 3 aromatic rings. The molecule has 0 aliphatic rings. The van der Waals surface area contributed by atoms with Crippen molar-refractivity contribution in [2.75, 3.05) is 12.4 Å². The number of urea groups is 1. The molecule has 3 heterocycles. The maximum Gasteiger partial charge on any atom is 0.321 e. The molecule has 0 spiro atoms. The molecule has 22 heavy (non-hydrogen) atoms. The van der Waals surface area contributed by atoms with Crippen LogP contribution in [0.3, 0.4) is 0 Å². The zero-order chi connectivity index (χ0) is 15.4. The Balaban J connectivity index is 1.61. The van der Waals surface area contributed by atoms with Crippen molar-refractivity contribution in [2.45, 2.75) is 6.54 Å². The number of nitrogens with zero attached hydrogens (tertiary/aromatic N) is 5. The average molecular weight is 314 g/mol. The Morgan fingerprint density at radius 1 is 1.41 bits per heavy atom. The Hall–Kier alpha value is -2.74. The SMILES string of the molecule is CN(Cc1ccsc1)C(=O)Nc1ccc(-n2cncn2)nc1. The summed E-state index contributed by atoms with van der Waals surface area (Å²) in [6.07, 6.45) is 4.60. The molecule has 0 radical (unpaired) electrons. The fourth-order valence-corrected chi connectivity index (χ4v) is 2.53. The Morgan fingerprint density at radius 3 is 2.95 bits per heavy atom. The van der Waals surface area contributed by atoms with Gasteiger partial charge in [0.25, 0.3) is 0 Å². The van der Waals surface area contributed by atoms with Gasteiger partial charge in [0.1, 0.15) is 12.7 Å². The fraction of sp³-hybridized carbons (Fsp3) is 0.143. The van der Waals surface area contributed by atoms with Crippen molar-refractivity contribution in [1.82, 2.24) is 24.6 Å². The molecule has 0 aliphatic carbocycles. The van der Waals surface area contributed by atoms with Crippen LogP contribution in [0, 0.1) is 0 Å². The van der Waals surface area contributed by atoms with Crippen molar-refractivity contribution >= 4 is 23.1 Å². The molecular formula is C14H14N6OS. The van der Waals surface area contributed by atoms with Gasteiger partial charge in [-0.25, -0.2) is 19.4 Å². The van der Waals surface area contributed by atoms with Gasteiger partial charge >= 0.3 is 6.03 Å². The average Bonchev–Trinajstić information content (AvgIpc) is 3.21. The van der Waals surface area contributed by atoms with Gasteiger partial charge in [0.05, 0.1) is 11.9 Å². The van der Waals surface area contributed by atoms with Gasteiger partial charge in [0, 0.05) is 13.6 Å². The summed E-state index contributed by atoms with van der Waals surface area (Å²) in [7, 11) is 1.75. The number of pyridine rings is 1. The minimum Gasteiger partial charge on any atom is -0.323 e. The highest BCUT2D eigenvalue weighted by Crippen LogP contribution is 2.12. The highest BCUT2D eigenvalue weighted by Gasteiger charge is 2.10. The monoisotopic (exact) mass is 314 g/mol. The number of amides is 2. The fourth-order valence-electron chi connectivity index (χ4n) is 1.87. The zero-order valence-electron chi connectivity index (χ0n) is 11.9. The summed E-state index contributed by atoms with van der Waals surface area (Å²) in [4.78, 5) is 21.8. The van der Waals surface area contributed by atoms with E-state index in [0.29, 0.717) is 18.1 Å². The first-order chi connectivity index (χ1) is 10.7. The third kappa shape index (κ3) is 3.29. The summed E-state index contributed by atoms with van der Waals surface area (Å²) in [5, 5.41) is 10.8. The van der Waals surface area contributed by atoms with Crippen molar-refractivity contribution < 1.29 is 4.79 Å². The van der Waals surface area contributed by atoms with E-state index in [0.717, 1.165) is 5.56 Å². The lowest BCUT2D eigenvalue weighted by molar-refractivity contribution is 0.220. The van der Waals surface area contributed by atoms with Gasteiger partial charge in [0.2, 0.25) is 0 Å². The molecule has 3 aromatic heterocycles. The second-order valence-corrected chi connectivity index (χ2v) is 5.44. The van der Waals surface area contributed by atoms with Crippen LogP contribution in [0.25, 0.3) is 5.82 Å². The van der Waals surface area contributed by atoms with Crippen LogP contribution in [0.2, 0.25) is 0 Å². The predicted octanol–water partition coefficient (Wildman–Crippen LogP) is 2.39. The number of carbonyl (C=O) groups is 1. The van der Waals surface area contributed by atoms with E-state index in [1.807, 2.05) is 16.8 Å². The van der Waals surface area contributed by atoms with Crippen molar-refractivity contribution in [3.8, 4) is 5.82 Å². The van der Waals surface area contributed by atoms with E-state index in [9.17, 15) is 4.79 Å². The minimum atomic E-state index is -0.179. The molecule has 0 saturated carbocycles. The number of thiophene rings is 1. The maximum absolute atomic E-state index is 12.1. The Labute approximate surface area is 131 Å². The van der Waals surface area contributed by atoms with Crippen LogP contribution in [0.1, 0.15) is 5.56 Å². The molecule has 0 bridgehead atoms. The number of anilines is 1. The van der Waals surface area contributed by atoms with E-state index in [1.54, 1.807) is 52.6 Å². The van der Waals surface area contributed by atoms with Gasteiger partial charge < -0.3 is 10.2 Å². The Kier molecular flexibility index (Phi) is 4.10. The van der Waals surface area contributed by atoms with Crippen LogP contribution in [0.4, 0.5) is 10.5 Å². The summed E-state index contributed by atoms with van der Waals surface area (Å²) < 4.78 is 1.55. The van der Waals surface area contributed by atoms with Gasteiger partial charge in [-0.3, -0.25) is 0 Å². The summed E-state index contributed by atoms with van der Waals surface area (Å²) in [5.41, 5.74) is 1.74. The summed E-state index contributed by atoms with van der Waals surface area (Å²) >= 11 is 1.62. The molecule has 1 N–H and O–H groups in total. The molecule has 0 unspecified atom stereocenters. The third-order valence-electron chi connectivity index (χ3n) is 3.00. The minimum absolute atomic E-state index is 0.179. The predicted molar refractivity (Wildman–Crippen MR) is 84.0 cm³/mol. The number of hydrogen-bond acceptors (Lipinski definition) is 5. The lowest BCUT2D eigenvalue weighted by atomic mass is 10.3. The number of hydrogen-bond donors (Lipinski definition) is 1. The molecule has 8 heteroatoms. The number of rotatable bonds is 4. The zero-order valence-corrected chi connectivity index (χ0v) is 12.7. The quantitative estimate of drug-likeness (QED) is 0.802. The number of aromatic nitrogens is 4. The third-order valence-corrected chi connectivity index (χ3v) is 3.73. The molecule has 0 saturated heterocycles. The molecule has 7 nitrogen and oxygen atoms in total. The van der Waals surface area contributed by atoms with Gasteiger partial charge in [-0.05, 0) is 34.5 Å². The first-order valence-corrected chi connectivity index (χ1v) is 7.51. The highest BCUT2D eigenvalue weighted by molar-refractivity contribution is 7.07. The van der Waals surface area contributed by atoms with Crippen LogP contribution < -0.4 is 5.32 Å². The van der Waals surface area contributed by atoms with Gasteiger partial charge in [-0.2, -0.15) is 16.4 Å². The van der Waals surface area contributed by atoms with E-state index in [1.165, 1.54) is 6.33 Å². The molecule has 0 atom stereocenters. The second kappa shape index (κ2) is 6.35. The van der Waals surface area contributed by atoms with Crippen LogP contribution in [-0.4, -0.2) is 37.7 Å². The summed E-state index contributed by atoms with van der Waals surface area (Å²) in [6, 6.07) is 5.37. The molecule has 112 valence electrons. The highest BCUT2D eigenvalue weighted by atomic mass is 32.1. The van der Waals surface area contributed by atoms with E-state index in [2.05, 4.69) is 20.4 Å². The molecule has 2 amide bonds. The van der Waals surface area contributed by atoms with E-state index in [4.69, 9.17) is 0 Å². The van der Waals surface area contributed by atoms with Crippen molar-refractivity contribution in [3.05, 3.63) is 53.4 Å². The topological polar surface area (TPSA) is 75.9 Å². The standard InChI is InChI=1S/C14H14N6OS/c1-19(7-11-4-5-22-8-11)14(21)18-12-2-3-13(16-6-12)20-10-15-9-17-20/h2-6,8-10H,7H2,1H3,(H,18,21). The Morgan fingerprint density at radius 2 is 2.32 bits per heavy atom. The first kappa shape index (κ1) is 14.2. The first-order valence-electron chi connectivity index (χ1n) is 6.56. The second-order valence-electron chi connectivity index (χ2n) is 4.66. The smallest absolute Gasteiger partial charge is 0.321 e. The largest absolute Gasteiger partial charge is 0.323 e. The maximum atomic E-state index is 12.1. The van der Waals surface area contributed by atoms with E-state index >= 15 is 0 Å². The van der Waals surface area contributed by atoms with Gasteiger partial charge in [-0.15, -0.1) is 0 Å². The number of nitrogens with one attached hydrogen (secondary N) is 1. The molecule has 0 fully saturated rings. The molecular weight excluding hydrogens is 300 g/mol. The molecule has 0 aliphatic heterocycles. The summed E-state index contributed by atoms with van der Waals surface area (Å²) in [6.45, 7) is 0.569. The normalized spacial score (nSPS) is 10.4. The lowest BCUT2D eigenvalue weighted by Gasteiger charge is -2.17. The Bertz CT molecular complexity index is 723. The summed E-state index contributed by atoms with van der Waals surface area (Å²) in [5.74, 6) is 0.641. The van der Waals surface area contributed by atoms with Crippen LogP contribution in [0.15, 0.2) is 47.8 Å². The number of carbonyl (C=O) groups excluding carboxylic acids is 1. The van der Waals surface area contributed by atoms with Crippen LogP contribution in [-0.2, 0) is 6.54 Å². The van der Waals surface area contributed by atoms with Crippen LogP contribution >= 0.6 is 11.3 Å².